The predicted molar refractivity (Wildman–Crippen MR) is 104 cm³/mol. The van der Waals surface area contributed by atoms with Crippen LogP contribution >= 0.6 is 0 Å². The van der Waals surface area contributed by atoms with Crippen LogP contribution in [0.1, 0.15) is 12.5 Å². The van der Waals surface area contributed by atoms with Crippen LogP contribution in [0.4, 0.5) is 24.5 Å². The number of carbonyl (C=O) groups excluding carboxylic acids is 3. The van der Waals surface area contributed by atoms with Crippen molar-refractivity contribution in [3.05, 3.63) is 54.1 Å². The quantitative estimate of drug-likeness (QED) is 0.716. The van der Waals surface area contributed by atoms with Gasteiger partial charge in [0.1, 0.15) is 5.75 Å². The Balaban J connectivity index is 1.84. The number of alkyl halides is 3. The molecule has 0 atom stereocenters. The number of carbonyl (C=O) groups is 3. The van der Waals surface area contributed by atoms with Crippen molar-refractivity contribution in [2.24, 2.45) is 0 Å². The molecule has 2 rings (SSSR count). The number of likely N-dealkylation sites (N-methyl/N-ethyl adjacent to an activating group) is 1. The summed E-state index contributed by atoms with van der Waals surface area (Å²) in [7, 11) is 1.47. The number of hydrogen-bond acceptors (Lipinski definition) is 4. The van der Waals surface area contributed by atoms with Crippen molar-refractivity contribution in [3.63, 3.8) is 0 Å². The lowest BCUT2D eigenvalue weighted by Crippen LogP contribution is -2.35. The van der Waals surface area contributed by atoms with Gasteiger partial charge in [0.2, 0.25) is 17.7 Å². The fourth-order valence-electron chi connectivity index (χ4n) is 2.46. The number of hydrogen-bond donors (Lipinski definition) is 2. The van der Waals surface area contributed by atoms with Crippen LogP contribution in [0, 0.1) is 0 Å². The molecule has 10 heteroatoms. The number of nitrogens with one attached hydrogen (secondary N) is 2. The Morgan fingerprint density at radius 2 is 1.47 bits per heavy atom. The van der Waals surface area contributed by atoms with Gasteiger partial charge in [-0.2, -0.15) is 0 Å². The monoisotopic (exact) mass is 423 g/mol. The van der Waals surface area contributed by atoms with Crippen LogP contribution < -0.4 is 15.4 Å². The van der Waals surface area contributed by atoms with Crippen LogP contribution in [-0.2, 0) is 20.8 Å². The zero-order valence-corrected chi connectivity index (χ0v) is 16.2. The van der Waals surface area contributed by atoms with Crippen molar-refractivity contribution in [1.29, 1.82) is 0 Å². The SMILES string of the molecule is CC(=O)Nc1ccc(CC(=O)N(C)CC(=O)Nc2ccc(OC(F)(F)F)cc2)cc1. The van der Waals surface area contributed by atoms with Gasteiger partial charge < -0.3 is 20.3 Å². The fourth-order valence-corrected chi connectivity index (χ4v) is 2.46. The van der Waals surface area contributed by atoms with Gasteiger partial charge in [-0.05, 0) is 42.0 Å². The molecule has 0 aliphatic rings. The number of rotatable bonds is 7. The van der Waals surface area contributed by atoms with Crippen LogP contribution in [0.3, 0.4) is 0 Å². The average Bonchev–Trinajstić information content (AvgIpc) is 2.63. The summed E-state index contributed by atoms with van der Waals surface area (Å²) in [6.45, 7) is 1.16. The first-order valence-corrected chi connectivity index (χ1v) is 8.78. The first-order chi connectivity index (χ1) is 14.0. The maximum absolute atomic E-state index is 12.3. The van der Waals surface area contributed by atoms with Crippen molar-refractivity contribution >= 4 is 29.1 Å². The number of amides is 3. The molecule has 7 nitrogen and oxygen atoms in total. The summed E-state index contributed by atoms with van der Waals surface area (Å²) >= 11 is 0. The summed E-state index contributed by atoms with van der Waals surface area (Å²) in [6, 6.07) is 11.4. The molecular formula is C20H20F3N3O4. The van der Waals surface area contributed by atoms with Crippen molar-refractivity contribution in [3.8, 4) is 5.75 Å². The largest absolute Gasteiger partial charge is 0.573 e. The van der Waals surface area contributed by atoms with E-state index in [1.54, 1.807) is 24.3 Å². The summed E-state index contributed by atoms with van der Waals surface area (Å²) < 4.78 is 40.2. The summed E-state index contributed by atoms with van der Waals surface area (Å²) in [5.41, 5.74) is 1.59. The highest BCUT2D eigenvalue weighted by Crippen LogP contribution is 2.23. The van der Waals surface area contributed by atoms with E-state index in [4.69, 9.17) is 0 Å². The maximum atomic E-state index is 12.3. The Kier molecular flexibility index (Phi) is 7.40. The highest BCUT2D eigenvalue weighted by atomic mass is 19.4. The highest BCUT2D eigenvalue weighted by molar-refractivity contribution is 5.94. The van der Waals surface area contributed by atoms with E-state index in [-0.39, 0.29) is 30.5 Å². The average molecular weight is 423 g/mol. The van der Waals surface area contributed by atoms with Crippen LogP contribution in [0.5, 0.6) is 5.75 Å². The number of benzene rings is 2. The molecule has 0 saturated carbocycles. The minimum atomic E-state index is -4.79. The van der Waals surface area contributed by atoms with Gasteiger partial charge in [0, 0.05) is 25.3 Å². The molecule has 2 aromatic carbocycles. The van der Waals surface area contributed by atoms with Gasteiger partial charge in [-0.15, -0.1) is 13.2 Å². The molecule has 0 unspecified atom stereocenters. The first kappa shape index (κ1) is 22.7. The molecule has 0 radical (unpaired) electrons. The summed E-state index contributed by atoms with van der Waals surface area (Å²) in [5.74, 6) is -1.41. The van der Waals surface area contributed by atoms with Crippen LogP contribution in [-0.4, -0.2) is 42.6 Å². The van der Waals surface area contributed by atoms with Crippen molar-refractivity contribution in [2.45, 2.75) is 19.7 Å². The molecule has 0 aliphatic carbocycles. The van der Waals surface area contributed by atoms with E-state index >= 15 is 0 Å². The molecule has 0 fully saturated rings. The van der Waals surface area contributed by atoms with Gasteiger partial charge >= 0.3 is 6.36 Å². The topological polar surface area (TPSA) is 87.7 Å². The van der Waals surface area contributed by atoms with Gasteiger partial charge in [-0.25, -0.2) is 0 Å². The first-order valence-electron chi connectivity index (χ1n) is 8.78. The van der Waals surface area contributed by atoms with Gasteiger partial charge in [-0.3, -0.25) is 14.4 Å². The van der Waals surface area contributed by atoms with E-state index in [2.05, 4.69) is 15.4 Å². The van der Waals surface area contributed by atoms with Gasteiger partial charge in [-0.1, -0.05) is 12.1 Å². The molecule has 0 aliphatic heterocycles. The normalized spacial score (nSPS) is 10.8. The second kappa shape index (κ2) is 9.77. The van der Waals surface area contributed by atoms with E-state index in [0.29, 0.717) is 11.3 Å². The number of halogens is 3. The van der Waals surface area contributed by atoms with E-state index in [0.717, 1.165) is 12.1 Å². The van der Waals surface area contributed by atoms with E-state index in [1.165, 1.54) is 31.0 Å². The Hall–Kier alpha value is -3.56. The molecule has 2 aromatic rings. The number of nitrogens with zero attached hydrogens (tertiary/aromatic N) is 1. The lowest BCUT2D eigenvalue weighted by molar-refractivity contribution is -0.274. The second-order valence-electron chi connectivity index (χ2n) is 6.43. The second-order valence-corrected chi connectivity index (χ2v) is 6.43. The molecule has 3 amide bonds. The molecule has 0 heterocycles. The van der Waals surface area contributed by atoms with Gasteiger partial charge in [0.25, 0.3) is 0 Å². The lowest BCUT2D eigenvalue weighted by atomic mass is 10.1. The maximum Gasteiger partial charge on any atom is 0.573 e. The summed E-state index contributed by atoms with van der Waals surface area (Å²) in [6.07, 6.45) is -4.73. The Bertz CT molecular complexity index is 897. The Labute approximate surface area is 170 Å². The molecule has 160 valence electrons. The van der Waals surface area contributed by atoms with Crippen LogP contribution in [0.25, 0.3) is 0 Å². The highest BCUT2D eigenvalue weighted by Gasteiger charge is 2.31. The van der Waals surface area contributed by atoms with Crippen molar-refractivity contribution < 1.29 is 32.3 Å². The Morgan fingerprint density at radius 3 is 2.00 bits per heavy atom. The van der Waals surface area contributed by atoms with Gasteiger partial charge in [0.15, 0.2) is 0 Å². The zero-order valence-electron chi connectivity index (χ0n) is 16.2. The molecule has 30 heavy (non-hydrogen) atoms. The van der Waals surface area contributed by atoms with E-state index in [9.17, 15) is 27.6 Å². The van der Waals surface area contributed by atoms with Crippen LogP contribution in [0.2, 0.25) is 0 Å². The third-order valence-electron chi connectivity index (χ3n) is 3.81. The van der Waals surface area contributed by atoms with Gasteiger partial charge in [0.05, 0.1) is 13.0 Å². The van der Waals surface area contributed by atoms with E-state index < -0.39 is 18.0 Å². The predicted octanol–water partition coefficient (Wildman–Crippen LogP) is 3.18. The molecule has 2 N–H and O–H groups in total. The number of anilines is 2. The van der Waals surface area contributed by atoms with E-state index in [1.807, 2.05) is 0 Å². The fraction of sp³-hybridized carbons (Fsp3) is 0.250. The van der Waals surface area contributed by atoms with Crippen LogP contribution in [0.15, 0.2) is 48.5 Å². The third kappa shape index (κ3) is 7.82. The standard InChI is InChI=1S/C20H20F3N3O4/c1-13(27)24-15-5-3-14(4-6-15)11-19(29)26(2)12-18(28)25-16-7-9-17(10-8-16)30-20(21,22)23/h3-10H,11-12H2,1-2H3,(H,24,27)(H,25,28). The summed E-state index contributed by atoms with van der Waals surface area (Å²) in [4.78, 5) is 36.6. The zero-order chi connectivity index (χ0) is 22.3. The summed E-state index contributed by atoms with van der Waals surface area (Å²) in [5, 5.41) is 5.12. The third-order valence-corrected chi connectivity index (χ3v) is 3.81. The molecule has 0 aromatic heterocycles. The minimum absolute atomic E-state index is 0.0631. The molecule has 0 bridgehead atoms. The van der Waals surface area contributed by atoms with Crippen molar-refractivity contribution in [1.82, 2.24) is 4.90 Å². The minimum Gasteiger partial charge on any atom is -0.406 e. The Morgan fingerprint density at radius 1 is 0.933 bits per heavy atom. The van der Waals surface area contributed by atoms with Crippen molar-refractivity contribution in [2.75, 3.05) is 24.2 Å². The molecule has 0 saturated heterocycles. The lowest BCUT2D eigenvalue weighted by Gasteiger charge is -2.17. The molecular weight excluding hydrogens is 403 g/mol. The smallest absolute Gasteiger partial charge is 0.406 e. The molecule has 0 spiro atoms. The number of ether oxygens (including phenoxy) is 1.